The fourth-order valence-corrected chi connectivity index (χ4v) is 3.74. The van der Waals surface area contributed by atoms with Crippen LogP contribution >= 0.6 is 23.1 Å². The number of anilines is 1. The summed E-state index contributed by atoms with van der Waals surface area (Å²) in [5, 5.41) is 14.5. The van der Waals surface area contributed by atoms with Crippen LogP contribution in [0.4, 0.5) is 5.13 Å². The largest absolute Gasteiger partial charge is 0.360 e. The Hall–Kier alpha value is -0.330. The van der Waals surface area contributed by atoms with Gasteiger partial charge in [-0.3, -0.25) is 4.90 Å². The minimum Gasteiger partial charge on any atom is -0.360 e. The van der Waals surface area contributed by atoms with Crippen LogP contribution in [0.1, 0.15) is 25.3 Å². The van der Waals surface area contributed by atoms with Crippen LogP contribution in [0, 0.1) is 0 Å². The van der Waals surface area contributed by atoms with Crippen molar-refractivity contribution >= 4 is 28.2 Å². The smallest absolute Gasteiger partial charge is 0.205 e. The lowest BCUT2D eigenvalue weighted by Crippen LogP contribution is -2.35. The predicted molar refractivity (Wildman–Crippen MR) is 75.9 cm³/mol. The van der Waals surface area contributed by atoms with Gasteiger partial charge in [-0.2, -0.15) is 11.8 Å². The van der Waals surface area contributed by atoms with E-state index in [1.807, 2.05) is 0 Å². The molecule has 0 bridgehead atoms. The highest BCUT2D eigenvalue weighted by Gasteiger charge is 2.18. The summed E-state index contributed by atoms with van der Waals surface area (Å²) in [5.74, 6) is 1.24. The van der Waals surface area contributed by atoms with Crippen LogP contribution in [0.15, 0.2) is 0 Å². The van der Waals surface area contributed by atoms with Gasteiger partial charge in [-0.25, -0.2) is 0 Å². The summed E-state index contributed by atoms with van der Waals surface area (Å²) < 4.78 is 0. The molecule has 0 aromatic carbocycles. The van der Waals surface area contributed by atoms with E-state index in [1.165, 1.54) is 18.8 Å². The summed E-state index contributed by atoms with van der Waals surface area (Å²) in [4.78, 5) is 2.48. The normalized spacial score (nSPS) is 21.6. The molecule has 1 atom stereocenters. The zero-order valence-corrected chi connectivity index (χ0v) is 12.1. The van der Waals surface area contributed by atoms with Crippen LogP contribution in [-0.4, -0.2) is 45.7 Å². The second-order valence-electron chi connectivity index (χ2n) is 4.34. The monoisotopic (exact) mass is 272 g/mol. The highest BCUT2D eigenvalue weighted by Crippen LogP contribution is 2.22. The predicted octanol–water partition coefficient (Wildman–Crippen LogP) is 2.30. The molecule has 1 N–H and O–H groups in total. The lowest BCUT2D eigenvalue weighted by molar-refractivity contribution is 0.277. The van der Waals surface area contributed by atoms with Gasteiger partial charge in [0.2, 0.25) is 5.13 Å². The molecule has 1 saturated heterocycles. The third-order valence-electron chi connectivity index (χ3n) is 2.68. The molecule has 1 aromatic rings. The van der Waals surface area contributed by atoms with Gasteiger partial charge in [-0.05, 0) is 6.42 Å². The van der Waals surface area contributed by atoms with E-state index in [0.29, 0.717) is 0 Å². The van der Waals surface area contributed by atoms with Gasteiger partial charge in [-0.1, -0.05) is 25.2 Å². The zero-order chi connectivity index (χ0) is 12.1. The van der Waals surface area contributed by atoms with Gasteiger partial charge in [0, 0.05) is 30.6 Å². The Balaban J connectivity index is 1.83. The minimum absolute atomic E-state index is 0.745. The summed E-state index contributed by atoms with van der Waals surface area (Å²) in [5.41, 5.74) is 0. The number of thioether (sulfide) groups is 1. The lowest BCUT2D eigenvalue weighted by atomic mass is 10.4. The van der Waals surface area contributed by atoms with Gasteiger partial charge in [0.25, 0.3) is 0 Å². The number of rotatable bonds is 5. The molecular weight excluding hydrogens is 252 g/mol. The highest BCUT2D eigenvalue weighted by molar-refractivity contribution is 7.99. The molecule has 1 unspecified atom stereocenters. The molecule has 0 aliphatic carbocycles. The van der Waals surface area contributed by atoms with Crippen LogP contribution in [0.2, 0.25) is 0 Å². The third kappa shape index (κ3) is 4.12. The summed E-state index contributed by atoms with van der Waals surface area (Å²) in [6.45, 7) is 8.73. The minimum atomic E-state index is 0.745. The number of nitrogens with zero attached hydrogens (tertiary/aromatic N) is 3. The third-order valence-corrected chi connectivity index (χ3v) is 4.68. The van der Waals surface area contributed by atoms with Crippen molar-refractivity contribution in [2.45, 2.75) is 32.1 Å². The first-order valence-corrected chi connectivity index (χ1v) is 8.04. The molecule has 96 valence electrons. The van der Waals surface area contributed by atoms with E-state index in [9.17, 15) is 0 Å². The molecule has 17 heavy (non-hydrogen) atoms. The maximum absolute atomic E-state index is 4.25. The van der Waals surface area contributed by atoms with Crippen LogP contribution in [0.25, 0.3) is 0 Å². The van der Waals surface area contributed by atoms with Crippen molar-refractivity contribution in [3.05, 3.63) is 5.01 Å². The average molecular weight is 272 g/mol. The van der Waals surface area contributed by atoms with E-state index in [2.05, 4.69) is 46.0 Å². The van der Waals surface area contributed by atoms with Crippen LogP contribution in [0.3, 0.4) is 0 Å². The Morgan fingerprint density at radius 1 is 1.47 bits per heavy atom. The molecule has 0 radical (unpaired) electrons. The summed E-state index contributed by atoms with van der Waals surface area (Å²) >= 11 is 3.75. The number of hydrogen-bond donors (Lipinski definition) is 1. The molecule has 2 rings (SSSR count). The lowest BCUT2D eigenvalue weighted by Gasteiger charge is -2.29. The molecule has 6 heteroatoms. The van der Waals surface area contributed by atoms with Crippen LogP contribution < -0.4 is 5.32 Å². The molecule has 0 spiro atoms. The molecule has 1 fully saturated rings. The van der Waals surface area contributed by atoms with Gasteiger partial charge in [-0.15, -0.1) is 10.2 Å². The Bertz CT molecular complexity index is 342. The molecule has 0 amide bonds. The van der Waals surface area contributed by atoms with Gasteiger partial charge >= 0.3 is 0 Å². The van der Waals surface area contributed by atoms with E-state index in [1.54, 1.807) is 11.3 Å². The first-order valence-electron chi connectivity index (χ1n) is 6.18. The van der Waals surface area contributed by atoms with Gasteiger partial charge in [0.05, 0.1) is 6.54 Å². The second-order valence-corrected chi connectivity index (χ2v) is 6.95. The SMILES string of the molecule is CCCNc1nnc(CN2CCSC(C)C2)s1. The number of aromatic nitrogens is 2. The van der Waals surface area contributed by atoms with Crippen LogP contribution in [-0.2, 0) is 6.54 Å². The Morgan fingerprint density at radius 3 is 3.12 bits per heavy atom. The molecule has 4 nitrogen and oxygen atoms in total. The van der Waals surface area contributed by atoms with Gasteiger partial charge in [0.1, 0.15) is 5.01 Å². The Labute approximate surface area is 111 Å². The van der Waals surface area contributed by atoms with Crippen LogP contribution in [0.5, 0.6) is 0 Å². The quantitative estimate of drug-likeness (QED) is 0.890. The van der Waals surface area contributed by atoms with E-state index < -0.39 is 0 Å². The first kappa shape index (κ1) is 13.1. The van der Waals surface area contributed by atoms with Gasteiger partial charge in [0.15, 0.2) is 0 Å². The van der Waals surface area contributed by atoms with E-state index in [4.69, 9.17) is 0 Å². The molecule has 1 aromatic heterocycles. The van der Waals surface area contributed by atoms with Crippen molar-refractivity contribution in [1.82, 2.24) is 15.1 Å². The van der Waals surface area contributed by atoms with E-state index in [-0.39, 0.29) is 0 Å². The van der Waals surface area contributed by atoms with Gasteiger partial charge < -0.3 is 5.32 Å². The van der Waals surface area contributed by atoms with E-state index >= 15 is 0 Å². The molecule has 0 saturated carbocycles. The molecule has 1 aliphatic rings. The number of hydrogen-bond acceptors (Lipinski definition) is 6. The Morgan fingerprint density at radius 2 is 2.35 bits per heavy atom. The van der Waals surface area contributed by atoms with Crippen molar-refractivity contribution in [3.63, 3.8) is 0 Å². The fourth-order valence-electron chi connectivity index (χ4n) is 1.85. The molecule has 2 heterocycles. The van der Waals surface area contributed by atoms with Crippen molar-refractivity contribution in [1.29, 1.82) is 0 Å². The van der Waals surface area contributed by atoms with E-state index in [0.717, 1.165) is 34.9 Å². The standard InChI is InChI=1S/C11H20N4S2/c1-3-4-12-11-14-13-10(17-11)8-15-5-6-16-9(2)7-15/h9H,3-8H2,1-2H3,(H,12,14). The summed E-state index contributed by atoms with van der Waals surface area (Å²) in [6, 6.07) is 0. The topological polar surface area (TPSA) is 41.1 Å². The molecule has 1 aliphatic heterocycles. The number of nitrogens with one attached hydrogen (secondary N) is 1. The van der Waals surface area contributed by atoms with Crippen molar-refractivity contribution < 1.29 is 0 Å². The average Bonchev–Trinajstić information content (AvgIpc) is 2.74. The summed E-state index contributed by atoms with van der Waals surface area (Å²) in [6.07, 6.45) is 1.12. The van der Waals surface area contributed by atoms with Crippen molar-refractivity contribution in [2.75, 3.05) is 30.7 Å². The maximum Gasteiger partial charge on any atom is 0.205 e. The first-order chi connectivity index (χ1) is 8.28. The maximum atomic E-state index is 4.25. The fraction of sp³-hybridized carbons (Fsp3) is 0.818. The zero-order valence-electron chi connectivity index (χ0n) is 10.5. The Kier molecular flexibility index (Phi) is 5.06. The second kappa shape index (κ2) is 6.56. The van der Waals surface area contributed by atoms with Crippen molar-refractivity contribution in [2.24, 2.45) is 0 Å². The molecular formula is C11H20N4S2. The highest BCUT2D eigenvalue weighted by atomic mass is 32.2. The van der Waals surface area contributed by atoms with Crippen molar-refractivity contribution in [3.8, 4) is 0 Å². The summed E-state index contributed by atoms with van der Waals surface area (Å²) in [7, 11) is 0.